The van der Waals surface area contributed by atoms with Crippen molar-refractivity contribution in [1.29, 1.82) is 0 Å². The van der Waals surface area contributed by atoms with Gasteiger partial charge in [-0.15, -0.1) is 0 Å². The molecule has 6 nitrogen and oxygen atoms in total. The third kappa shape index (κ3) is 3.95. The first-order valence-corrected chi connectivity index (χ1v) is 8.58. The van der Waals surface area contributed by atoms with Crippen molar-refractivity contribution in [3.63, 3.8) is 0 Å². The van der Waals surface area contributed by atoms with Gasteiger partial charge in [0, 0.05) is 23.1 Å². The van der Waals surface area contributed by atoms with E-state index in [1.54, 1.807) is 18.3 Å². The summed E-state index contributed by atoms with van der Waals surface area (Å²) in [6, 6.07) is 9.42. The fraction of sp³-hybridized carbons (Fsp3) is 0.167. The van der Waals surface area contributed by atoms with Gasteiger partial charge in [-0.3, -0.25) is 4.79 Å². The summed E-state index contributed by atoms with van der Waals surface area (Å²) in [6.07, 6.45) is 1.55. The first kappa shape index (κ1) is 16.9. The van der Waals surface area contributed by atoms with Crippen molar-refractivity contribution in [3.8, 4) is 0 Å². The van der Waals surface area contributed by atoms with Crippen molar-refractivity contribution in [3.05, 3.63) is 58.2 Å². The predicted molar refractivity (Wildman–Crippen MR) is 103 cm³/mol. The maximum atomic E-state index is 12.5. The Morgan fingerprint density at radius 2 is 1.88 bits per heavy atom. The smallest absolute Gasteiger partial charge is 0.267 e. The molecule has 0 aliphatic carbocycles. The van der Waals surface area contributed by atoms with E-state index in [9.17, 15) is 4.79 Å². The number of thiazole rings is 1. The molecule has 7 heteroatoms. The van der Waals surface area contributed by atoms with E-state index in [4.69, 9.17) is 5.73 Å². The number of carbonyl (C=O) groups is 1. The second-order valence-electron chi connectivity index (χ2n) is 5.80. The highest BCUT2D eigenvalue weighted by Gasteiger charge is 2.13. The normalized spacial score (nSPS) is 10.5. The second kappa shape index (κ2) is 6.90. The minimum atomic E-state index is -0.181. The van der Waals surface area contributed by atoms with Crippen molar-refractivity contribution in [1.82, 2.24) is 9.97 Å². The number of nitrogens with two attached hydrogens (primary N) is 1. The van der Waals surface area contributed by atoms with Crippen LogP contribution in [0.4, 0.5) is 22.3 Å². The molecule has 2 aromatic heterocycles. The molecule has 0 bridgehead atoms. The van der Waals surface area contributed by atoms with Crippen molar-refractivity contribution < 1.29 is 4.79 Å². The lowest BCUT2D eigenvalue weighted by molar-refractivity contribution is 0.103. The zero-order valence-corrected chi connectivity index (χ0v) is 15.1. The summed E-state index contributed by atoms with van der Waals surface area (Å²) >= 11 is 1.26. The lowest BCUT2D eigenvalue weighted by Crippen LogP contribution is -2.12. The molecule has 128 valence electrons. The van der Waals surface area contributed by atoms with E-state index in [0.29, 0.717) is 21.5 Å². The van der Waals surface area contributed by atoms with Gasteiger partial charge >= 0.3 is 0 Å². The number of nitrogen functional groups attached to an aromatic ring is 1. The first-order valence-electron chi connectivity index (χ1n) is 7.77. The Kier molecular flexibility index (Phi) is 4.67. The topological polar surface area (TPSA) is 92.9 Å². The maximum Gasteiger partial charge on any atom is 0.267 e. The van der Waals surface area contributed by atoms with Crippen LogP contribution in [0.25, 0.3) is 0 Å². The summed E-state index contributed by atoms with van der Waals surface area (Å²) in [5.74, 6) is 0.424. The van der Waals surface area contributed by atoms with E-state index < -0.39 is 0 Å². The molecule has 2 heterocycles. The second-order valence-corrected chi connectivity index (χ2v) is 6.83. The zero-order valence-electron chi connectivity index (χ0n) is 14.3. The first-order chi connectivity index (χ1) is 11.9. The summed E-state index contributed by atoms with van der Waals surface area (Å²) < 4.78 is 0. The molecular formula is C18H19N5OS. The molecule has 0 aliphatic heterocycles. The van der Waals surface area contributed by atoms with Crippen LogP contribution in [0.15, 0.2) is 36.5 Å². The standard InChI is InChI=1S/C18H19N5OS/c1-10-5-4-6-11(2)16(10)23-17(24)14-9-20-18(25-14)22-15-8-13(19)7-12(3)21-15/h4-9H,1-3H3,(H,23,24)(H3,19,20,21,22). The van der Waals surface area contributed by atoms with Gasteiger partial charge in [0.25, 0.3) is 5.91 Å². The van der Waals surface area contributed by atoms with Crippen LogP contribution in [0.1, 0.15) is 26.5 Å². The molecule has 3 aromatic rings. The Labute approximate surface area is 150 Å². The quantitative estimate of drug-likeness (QED) is 0.658. The number of aromatic nitrogens is 2. The molecule has 0 fully saturated rings. The Balaban J connectivity index is 1.75. The van der Waals surface area contributed by atoms with Gasteiger partial charge in [-0.2, -0.15) is 0 Å². The van der Waals surface area contributed by atoms with E-state index in [2.05, 4.69) is 20.6 Å². The number of hydrogen-bond donors (Lipinski definition) is 3. The number of nitrogens with zero attached hydrogens (tertiary/aromatic N) is 2. The number of aryl methyl sites for hydroxylation is 3. The van der Waals surface area contributed by atoms with Crippen LogP contribution in [-0.2, 0) is 0 Å². The van der Waals surface area contributed by atoms with Crippen LogP contribution in [-0.4, -0.2) is 15.9 Å². The average Bonchev–Trinajstić information content (AvgIpc) is 2.98. The van der Waals surface area contributed by atoms with Crippen molar-refractivity contribution in [2.45, 2.75) is 20.8 Å². The highest BCUT2D eigenvalue weighted by atomic mass is 32.1. The molecular weight excluding hydrogens is 334 g/mol. The monoisotopic (exact) mass is 353 g/mol. The van der Waals surface area contributed by atoms with Crippen molar-refractivity contribution in [2.75, 3.05) is 16.4 Å². The van der Waals surface area contributed by atoms with Gasteiger partial charge in [-0.25, -0.2) is 9.97 Å². The number of benzene rings is 1. The number of hydrogen-bond acceptors (Lipinski definition) is 6. The summed E-state index contributed by atoms with van der Waals surface area (Å²) in [6.45, 7) is 5.80. The molecule has 0 unspecified atom stereocenters. The molecule has 1 aromatic carbocycles. The third-order valence-electron chi connectivity index (χ3n) is 3.66. The summed E-state index contributed by atoms with van der Waals surface area (Å²) in [5.41, 5.74) is 10.1. The Morgan fingerprint density at radius 1 is 1.16 bits per heavy atom. The molecule has 0 atom stereocenters. The summed E-state index contributed by atoms with van der Waals surface area (Å²) in [4.78, 5) is 21.6. The number of amides is 1. The zero-order chi connectivity index (χ0) is 18.0. The van der Waals surface area contributed by atoms with E-state index in [1.807, 2.05) is 39.0 Å². The van der Waals surface area contributed by atoms with Crippen LogP contribution in [0, 0.1) is 20.8 Å². The Morgan fingerprint density at radius 3 is 2.56 bits per heavy atom. The van der Waals surface area contributed by atoms with Crippen LogP contribution < -0.4 is 16.4 Å². The van der Waals surface area contributed by atoms with Gasteiger partial charge in [0.2, 0.25) is 0 Å². The van der Waals surface area contributed by atoms with Crippen LogP contribution in [0.3, 0.4) is 0 Å². The molecule has 25 heavy (non-hydrogen) atoms. The number of anilines is 4. The molecule has 0 saturated heterocycles. The minimum Gasteiger partial charge on any atom is -0.399 e. The number of nitrogens with one attached hydrogen (secondary N) is 2. The molecule has 0 saturated carbocycles. The highest BCUT2D eigenvalue weighted by Crippen LogP contribution is 2.25. The van der Waals surface area contributed by atoms with Gasteiger partial charge in [-0.1, -0.05) is 29.5 Å². The maximum absolute atomic E-state index is 12.5. The number of pyridine rings is 1. The largest absolute Gasteiger partial charge is 0.399 e. The van der Waals surface area contributed by atoms with E-state index in [-0.39, 0.29) is 5.91 Å². The van der Waals surface area contributed by atoms with Gasteiger partial charge in [0.05, 0.1) is 6.20 Å². The van der Waals surface area contributed by atoms with E-state index in [0.717, 1.165) is 22.5 Å². The number of carbonyl (C=O) groups excluding carboxylic acids is 1. The Hall–Kier alpha value is -2.93. The van der Waals surface area contributed by atoms with Gasteiger partial charge in [0.1, 0.15) is 10.7 Å². The lowest BCUT2D eigenvalue weighted by atomic mass is 10.1. The molecule has 4 N–H and O–H groups in total. The van der Waals surface area contributed by atoms with Crippen molar-refractivity contribution >= 4 is 39.6 Å². The molecule has 0 aliphatic rings. The van der Waals surface area contributed by atoms with Crippen molar-refractivity contribution in [2.24, 2.45) is 0 Å². The van der Waals surface area contributed by atoms with Gasteiger partial charge in [-0.05, 0) is 38.0 Å². The van der Waals surface area contributed by atoms with E-state index >= 15 is 0 Å². The summed E-state index contributed by atoms with van der Waals surface area (Å²) in [5, 5.41) is 6.63. The highest BCUT2D eigenvalue weighted by molar-refractivity contribution is 7.17. The SMILES string of the molecule is Cc1cc(N)cc(Nc2ncc(C(=O)Nc3c(C)cccc3C)s2)n1. The molecule has 3 rings (SSSR count). The van der Waals surface area contributed by atoms with Crippen LogP contribution in [0.5, 0.6) is 0 Å². The van der Waals surface area contributed by atoms with Gasteiger partial charge < -0.3 is 16.4 Å². The van der Waals surface area contributed by atoms with Crippen LogP contribution in [0.2, 0.25) is 0 Å². The lowest BCUT2D eigenvalue weighted by Gasteiger charge is -2.10. The average molecular weight is 353 g/mol. The number of rotatable bonds is 4. The summed E-state index contributed by atoms with van der Waals surface area (Å²) in [7, 11) is 0. The minimum absolute atomic E-state index is 0.181. The third-order valence-corrected chi connectivity index (χ3v) is 4.57. The molecule has 0 spiro atoms. The van der Waals surface area contributed by atoms with Gasteiger partial charge in [0.15, 0.2) is 5.13 Å². The predicted octanol–water partition coefficient (Wildman–Crippen LogP) is 4.04. The molecule has 1 amide bonds. The van der Waals surface area contributed by atoms with Crippen LogP contribution >= 0.6 is 11.3 Å². The fourth-order valence-electron chi connectivity index (χ4n) is 2.49. The Bertz CT molecular complexity index is 894. The van der Waals surface area contributed by atoms with E-state index in [1.165, 1.54) is 11.3 Å². The molecule has 0 radical (unpaired) electrons. The number of para-hydroxylation sites is 1. The fourth-order valence-corrected chi connectivity index (χ4v) is 3.21.